The number of anilines is 1. The second-order valence-corrected chi connectivity index (χ2v) is 7.48. The van der Waals surface area contributed by atoms with Crippen LogP contribution in [-0.4, -0.2) is 80.1 Å². The topological polar surface area (TPSA) is 73.9 Å². The molecular weight excluding hydrogens is 356 g/mol. The minimum Gasteiger partial charge on any atom is -0.377 e. The average molecular weight is 389 g/mol. The number of amides is 2. The molecule has 0 aliphatic carbocycles. The summed E-state index contributed by atoms with van der Waals surface area (Å²) in [6.45, 7) is 7.15. The van der Waals surface area contributed by atoms with Crippen molar-refractivity contribution in [1.29, 1.82) is 0 Å². The zero-order valence-corrected chi connectivity index (χ0v) is 16.8. The molecule has 0 saturated carbocycles. The van der Waals surface area contributed by atoms with Crippen LogP contribution in [0.5, 0.6) is 0 Å². The minimum absolute atomic E-state index is 0.00101. The Labute approximate surface area is 167 Å². The molecule has 1 aromatic rings. The lowest BCUT2D eigenvalue weighted by Crippen LogP contribution is -2.52. The Hall–Kier alpha value is -1.96. The first-order valence-electron chi connectivity index (χ1n) is 10.4. The van der Waals surface area contributed by atoms with Crippen LogP contribution in [0, 0.1) is 0 Å². The summed E-state index contributed by atoms with van der Waals surface area (Å²) in [6, 6.07) is 7.90. The van der Waals surface area contributed by atoms with Crippen molar-refractivity contribution in [2.45, 2.75) is 32.3 Å². The molecule has 2 aliphatic rings. The highest BCUT2D eigenvalue weighted by molar-refractivity contribution is 5.93. The highest BCUT2D eigenvalue weighted by atomic mass is 16.5. The van der Waals surface area contributed by atoms with Gasteiger partial charge in [-0.05, 0) is 30.9 Å². The number of hydrogen-bond acceptors (Lipinski definition) is 5. The highest BCUT2D eigenvalue weighted by Crippen LogP contribution is 2.15. The Balaban J connectivity index is 1.35. The summed E-state index contributed by atoms with van der Waals surface area (Å²) in [5.74, 6) is 0.123. The number of ether oxygens (including phenoxy) is 1. The van der Waals surface area contributed by atoms with Gasteiger partial charge in [0.15, 0.2) is 0 Å². The number of hydrogen-bond donors (Lipinski definition) is 2. The molecule has 0 spiro atoms. The van der Waals surface area contributed by atoms with Crippen LogP contribution < -0.4 is 10.6 Å². The van der Waals surface area contributed by atoms with Crippen LogP contribution >= 0.6 is 0 Å². The van der Waals surface area contributed by atoms with Gasteiger partial charge in [-0.25, -0.2) is 0 Å². The Morgan fingerprint density at radius 2 is 1.96 bits per heavy atom. The maximum Gasteiger partial charge on any atom is 0.238 e. The molecule has 1 aromatic carbocycles. The molecule has 2 saturated heterocycles. The number of nitrogens with zero attached hydrogens (tertiary/aromatic N) is 2. The fraction of sp³-hybridized carbons (Fsp3) is 0.619. The Kier molecular flexibility index (Phi) is 7.82. The highest BCUT2D eigenvalue weighted by Gasteiger charge is 2.23. The van der Waals surface area contributed by atoms with Crippen LogP contribution in [0.3, 0.4) is 0 Å². The van der Waals surface area contributed by atoms with Crippen LogP contribution in [-0.2, 0) is 20.7 Å². The van der Waals surface area contributed by atoms with Crippen molar-refractivity contribution in [2.24, 2.45) is 0 Å². The molecule has 1 atom stereocenters. The molecule has 2 heterocycles. The molecule has 2 aliphatic heterocycles. The van der Waals surface area contributed by atoms with Gasteiger partial charge in [-0.2, -0.15) is 0 Å². The second kappa shape index (κ2) is 10.5. The zero-order valence-electron chi connectivity index (χ0n) is 16.8. The third-order valence-corrected chi connectivity index (χ3v) is 5.44. The standard InChI is InChI=1S/C21H32N4O3/c1-2-17-6-3-4-8-19(17)23-20(26)16-24-9-11-25(12-10-24)21(27)15-22-14-18-7-5-13-28-18/h3-4,6,8,18,22H,2,5,7,9-16H2,1H3,(H,23,26). The van der Waals surface area contributed by atoms with Gasteiger partial charge in [0, 0.05) is 45.0 Å². The van der Waals surface area contributed by atoms with E-state index >= 15 is 0 Å². The molecule has 1 unspecified atom stereocenters. The lowest BCUT2D eigenvalue weighted by molar-refractivity contribution is -0.132. The first-order chi connectivity index (χ1) is 13.7. The molecule has 154 valence electrons. The summed E-state index contributed by atoms with van der Waals surface area (Å²) >= 11 is 0. The van der Waals surface area contributed by atoms with Gasteiger partial charge < -0.3 is 20.3 Å². The monoisotopic (exact) mass is 388 g/mol. The summed E-state index contributed by atoms with van der Waals surface area (Å²) in [5, 5.41) is 6.23. The van der Waals surface area contributed by atoms with Crippen molar-refractivity contribution < 1.29 is 14.3 Å². The molecule has 7 heteroatoms. The zero-order chi connectivity index (χ0) is 19.8. The summed E-state index contributed by atoms with van der Waals surface area (Å²) in [5.41, 5.74) is 2.03. The third-order valence-electron chi connectivity index (χ3n) is 5.44. The van der Waals surface area contributed by atoms with E-state index in [-0.39, 0.29) is 17.9 Å². The maximum absolute atomic E-state index is 12.4. The summed E-state index contributed by atoms with van der Waals surface area (Å²) in [6.07, 6.45) is 3.32. The van der Waals surface area contributed by atoms with Crippen molar-refractivity contribution >= 4 is 17.5 Å². The number of aryl methyl sites for hydroxylation is 1. The third kappa shape index (κ3) is 6.02. The van der Waals surface area contributed by atoms with Crippen molar-refractivity contribution in [2.75, 3.05) is 57.7 Å². The van der Waals surface area contributed by atoms with E-state index in [0.29, 0.717) is 26.2 Å². The van der Waals surface area contributed by atoms with Gasteiger partial charge >= 0.3 is 0 Å². The molecule has 0 bridgehead atoms. The molecule has 2 fully saturated rings. The van der Waals surface area contributed by atoms with Gasteiger partial charge in [-0.3, -0.25) is 14.5 Å². The largest absolute Gasteiger partial charge is 0.377 e. The Morgan fingerprint density at radius 3 is 2.68 bits per heavy atom. The first kappa shape index (κ1) is 20.8. The minimum atomic E-state index is -0.00101. The lowest BCUT2D eigenvalue weighted by Gasteiger charge is -2.34. The fourth-order valence-electron chi connectivity index (χ4n) is 3.76. The normalized spacial score (nSPS) is 20.3. The smallest absolute Gasteiger partial charge is 0.238 e. The summed E-state index contributed by atoms with van der Waals surface area (Å²) < 4.78 is 5.56. The second-order valence-electron chi connectivity index (χ2n) is 7.48. The van der Waals surface area contributed by atoms with Crippen molar-refractivity contribution in [1.82, 2.24) is 15.1 Å². The van der Waals surface area contributed by atoms with Crippen LogP contribution in [0.1, 0.15) is 25.3 Å². The van der Waals surface area contributed by atoms with E-state index in [1.54, 1.807) is 0 Å². The molecule has 2 N–H and O–H groups in total. The predicted octanol–water partition coefficient (Wildman–Crippen LogP) is 1.10. The van der Waals surface area contributed by atoms with E-state index in [1.807, 2.05) is 29.2 Å². The molecule has 7 nitrogen and oxygen atoms in total. The quantitative estimate of drug-likeness (QED) is 0.698. The van der Waals surface area contributed by atoms with E-state index in [0.717, 1.165) is 56.8 Å². The average Bonchev–Trinajstić information content (AvgIpc) is 3.22. The van der Waals surface area contributed by atoms with Crippen LogP contribution in [0.2, 0.25) is 0 Å². The van der Waals surface area contributed by atoms with Crippen molar-refractivity contribution in [3.05, 3.63) is 29.8 Å². The predicted molar refractivity (Wildman–Crippen MR) is 109 cm³/mol. The van der Waals surface area contributed by atoms with Gasteiger partial charge in [0.1, 0.15) is 0 Å². The summed E-state index contributed by atoms with van der Waals surface area (Å²) in [7, 11) is 0. The number of rotatable bonds is 8. The van der Waals surface area contributed by atoms with Crippen molar-refractivity contribution in [3.8, 4) is 0 Å². The van der Waals surface area contributed by atoms with Gasteiger partial charge in [0.05, 0.1) is 19.2 Å². The Bertz CT molecular complexity index is 653. The molecule has 2 amide bonds. The molecule has 0 radical (unpaired) electrons. The molecule has 3 rings (SSSR count). The van der Waals surface area contributed by atoms with Crippen LogP contribution in [0.25, 0.3) is 0 Å². The van der Waals surface area contributed by atoms with E-state index < -0.39 is 0 Å². The SMILES string of the molecule is CCc1ccccc1NC(=O)CN1CCN(C(=O)CNCC2CCCO2)CC1. The van der Waals surface area contributed by atoms with Gasteiger partial charge in [0.25, 0.3) is 0 Å². The van der Waals surface area contributed by atoms with Crippen molar-refractivity contribution in [3.63, 3.8) is 0 Å². The lowest BCUT2D eigenvalue weighted by atomic mass is 10.1. The maximum atomic E-state index is 12.4. The molecular formula is C21H32N4O3. The van der Waals surface area contributed by atoms with Crippen LogP contribution in [0.4, 0.5) is 5.69 Å². The van der Waals surface area contributed by atoms with Gasteiger partial charge in [0.2, 0.25) is 11.8 Å². The number of carbonyl (C=O) groups is 2. The molecule has 28 heavy (non-hydrogen) atoms. The number of piperazine rings is 1. The van der Waals surface area contributed by atoms with E-state index in [1.165, 1.54) is 0 Å². The Morgan fingerprint density at radius 1 is 1.18 bits per heavy atom. The number of para-hydroxylation sites is 1. The van der Waals surface area contributed by atoms with Crippen LogP contribution in [0.15, 0.2) is 24.3 Å². The first-order valence-corrected chi connectivity index (χ1v) is 10.4. The van der Waals surface area contributed by atoms with E-state index in [9.17, 15) is 9.59 Å². The number of benzene rings is 1. The van der Waals surface area contributed by atoms with Gasteiger partial charge in [-0.1, -0.05) is 25.1 Å². The van der Waals surface area contributed by atoms with E-state index in [4.69, 9.17) is 4.74 Å². The summed E-state index contributed by atoms with van der Waals surface area (Å²) in [4.78, 5) is 28.7. The molecule has 0 aromatic heterocycles. The fourth-order valence-corrected chi connectivity index (χ4v) is 3.76. The number of nitrogens with one attached hydrogen (secondary N) is 2. The number of carbonyl (C=O) groups excluding carboxylic acids is 2. The van der Waals surface area contributed by atoms with E-state index in [2.05, 4.69) is 22.5 Å². The van der Waals surface area contributed by atoms with Gasteiger partial charge in [-0.15, -0.1) is 0 Å².